The molecule has 2 aromatic rings. The highest BCUT2D eigenvalue weighted by molar-refractivity contribution is 7.10. The largest absolute Gasteiger partial charge is 0.306 e. The molecule has 1 nitrogen and oxygen atoms in total. The molecule has 1 aromatic heterocycles. The van der Waals surface area contributed by atoms with Gasteiger partial charge in [-0.3, -0.25) is 0 Å². The van der Waals surface area contributed by atoms with E-state index < -0.39 is 5.82 Å². The number of halogens is 3. The zero-order valence-electron chi connectivity index (χ0n) is 9.71. The predicted molar refractivity (Wildman–Crippen MR) is 76.3 cm³/mol. The van der Waals surface area contributed by atoms with Gasteiger partial charge in [0.1, 0.15) is 5.82 Å². The average molecular weight is 304 g/mol. The zero-order chi connectivity index (χ0) is 13.1. The molecule has 96 valence electrons. The Labute approximate surface area is 120 Å². The van der Waals surface area contributed by atoms with Gasteiger partial charge in [0, 0.05) is 4.88 Å². The molecule has 1 unspecified atom stereocenters. The Bertz CT molecular complexity index is 542. The fraction of sp³-hybridized carbons (Fsp3) is 0.231. The second kappa shape index (κ2) is 6.02. The van der Waals surface area contributed by atoms with Crippen LogP contribution in [0.3, 0.4) is 0 Å². The van der Waals surface area contributed by atoms with E-state index in [1.807, 2.05) is 24.4 Å². The first-order chi connectivity index (χ1) is 8.65. The SMILES string of the molecule is CCNC(c1cccc(F)c1Cl)c1sccc1Cl. The van der Waals surface area contributed by atoms with E-state index in [1.54, 1.807) is 6.07 Å². The van der Waals surface area contributed by atoms with Crippen molar-refractivity contribution < 1.29 is 4.39 Å². The van der Waals surface area contributed by atoms with Gasteiger partial charge in [0.2, 0.25) is 0 Å². The van der Waals surface area contributed by atoms with Crippen LogP contribution in [0.25, 0.3) is 0 Å². The lowest BCUT2D eigenvalue weighted by molar-refractivity contribution is 0.607. The summed E-state index contributed by atoms with van der Waals surface area (Å²) in [5.41, 5.74) is 0.711. The van der Waals surface area contributed by atoms with E-state index in [-0.39, 0.29) is 11.1 Å². The highest BCUT2D eigenvalue weighted by Gasteiger charge is 2.21. The summed E-state index contributed by atoms with van der Waals surface area (Å²) in [6.07, 6.45) is 0. The molecule has 0 spiro atoms. The quantitative estimate of drug-likeness (QED) is 0.847. The molecular weight excluding hydrogens is 292 g/mol. The van der Waals surface area contributed by atoms with Gasteiger partial charge >= 0.3 is 0 Å². The average Bonchev–Trinajstić information content (AvgIpc) is 2.76. The molecule has 18 heavy (non-hydrogen) atoms. The van der Waals surface area contributed by atoms with Crippen LogP contribution in [-0.4, -0.2) is 6.54 Å². The van der Waals surface area contributed by atoms with Gasteiger partial charge < -0.3 is 5.32 Å². The Hall–Kier alpha value is -0.610. The molecule has 1 heterocycles. The fourth-order valence-electron chi connectivity index (χ4n) is 1.80. The van der Waals surface area contributed by atoms with Gasteiger partial charge in [0.15, 0.2) is 0 Å². The first-order valence-electron chi connectivity index (χ1n) is 5.55. The third kappa shape index (κ3) is 2.69. The Balaban J connectivity index is 2.48. The van der Waals surface area contributed by atoms with Crippen molar-refractivity contribution >= 4 is 34.5 Å². The van der Waals surface area contributed by atoms with Crippen LogP contribution in [0.1, 0.15) is 23.4 Å². The van der Waals surface area contributed by atoms with E-state index >= 15 is 0 Å². The Kier molecular flexibility index (Phi) is 4.62. The summed E-state index contributed by atoms with van der Waals surface area (Å²) >= 11 is 13.7. The molecule has 1 aromatic carbocycles. The first kappa shape index (κ1) is 13.8. The van der Waals surface area contributed by atoms with Gasteiger partial charge in [-0.05, 0) is 29.6 Å². The lowest BCUT2D eigenvalue weighted by atomic mass is 10.0. The smallest absolute Gasteiger partial charge is 0.142 e. The molecule has 0 amide bonds. The molecule has 5 heteroatoms. The highest BCUT2D eigenvalue weighted by atomic mass is 35.5. The topological polar surface area (TPSA) is 12.0 Å². The van der Waals surface area contributed by atoms with Crippen molar-refractivity contribution in [1.29, 1.82) is 0 Å². The van der Waals surface area contributed by atoms with Crippen LogP contribution < -0.4 is 5.32 Å². The van der Waals surface area contributed by atoms with Gasteiger partial charge in [-0.2, -0.15) is 0 Å². The zero-order valence-corrected chi connectivity index (χ0v) is 12.0. The highest BCUT2D eigenvalue weighted by Crippen LogP contribution is 2.36. The molecule has 0 aliphatic heterocycles. The van der Waals surface area contributed by atoms with E-state index in [2.05, 4.69) is 5.32 Å². The molecule has 0 radical (unpaired) electrons. The fourth-order valence-corrected chi connectivity index (χ4v) is 3.30. The van der Waals surface area contributed by atoms with Crippen LogP contribution in [0.2, 0.25) is 10.0 Å². The molecular formula is C13H12Cl2FNS. The summed E-state index contributed by atoms with van der Waals surface area (Å²) in [6.45, 7) is 2.73. The Morgan fingerprint density at radius 1 is 1.33 bits per heavy atom. The minimum absolute atomic E-state index is 0.146. The van der Waals surface area contributed by atoms with Crippen molar-refractivity contribution in [1.82, 2.24) is 5.32 Å². The summed E-state index contributed by atoms with van der Waals surface area (Å²) in [5.74, 6) is -0.412. The number of benzene rings is 1. The number of nitrogens with one attached hydrogen (secondary N) is 1. The first-order valence-corrected chi connectivity index (χ1v) is 7.19. The third-order valence-corrected chi connectivity index (χ3v) is 4.43. The van der Waals surface area contributed by atoms with Crippen LogP contribution in [0, 0.1) is 5.82 Å². The minimum atomic E-state index is -0.412. The summed E-state index contributed by atoms with van der Waals surface area (Å²) in [5, 5.41) is 6.02. The van der Waals surface area contributed by atoms with Gasteiger partial charge in [0.05, 0.1) is 16.1 Å². The van der Waals surface area contributed by atoms with E-state index in [4.69, 9.17) is 23.2 Å². The number of rotatable bonds is 4. The third-order valence-electron chi connectivity index (χ3n) is 2.61. The molecule has 1 N–H and O–H groups in total. The molecule has 0 saturated heterocycles. The molecule has 1 atom stereocenters. The summed E-state index contributed by atoms with van der Waals surface area (Å²) in [7, 11) is 0. The summed E-state index contributed by atoms with van der Waals surface area (Å²) < 4.78 is 13.5. The molecule has 0 bridgehead atoms. The van der Waals surface area contributed by atoms with Crippen molar-refractivity contribution in [3.8, 4) is 0 Å². The lowest BCUT2D eigenvalue weighted by Gasteiger charge is -2.19. The van der Waals surface area contributed by atoms with Crippen molar-refractivity contribution in [2.24, 2.45) is 0 Å². The van der Waals surface area contributed by atoms with E-state index in [0.717, 1.165) is 11.4 Å². The van der Waals surface area contributed by atoms with Crippen LogP contribution >= 0.6 is 34.5 Å². The van der Waals surface area contributed by atoms with Crippen LogP contribution in [-0.2, 0) is 0 Å². The number of hydrogen-bond donors (Lipinski definition) is 1. The predicted octanol–water partition coefficient (Wildman–Crippen LogP) is 4.89. The van der Waals surface area contributed by atoms with Gasteiger partial charge in [-0.25, -0.2) is 4.39 Å². The monoisotopic (exact) mass is 303 g/mol. The second-order valence-corrected chi connectivity index (χ2v) is 5.50. The maximum atomic E-state index is 13.5. The maximum Gasteiger partial charge on any atom is 0.142 e. The van der Waals surface area contributed by atoms with Gasteiger partial charge in [-0.1, -0.05) is 42.3 Å². The van der Waals surface area contributed by atoms with Gasteiger partial charge in [0.25, 0.3) is 0 Å². The van der Waals surface area contributed by atoms with Crippen molar-refractivity contribution in [2.75, 3.05) is 6.54 Å². The van der Waals surface area contributed by atoms with Crippen LogP contribution in [0.5, 0.6) is 0 Å². The van der Waals surface area contributed by atoms with Crippen LogP contribution in [0.15, 0.2) is 29.6 Å². The van der Waals surface area contributed by atoms with E-state index in [0.29, 0.717) is 10.6 Å². The Morgan fingerprint density at radius 3 is 2.72 bits per heavy atom. The molecule has 0 aliphatic carbocycles. The van der Waals surface area contributed by atoms with Crippen molar-refractivity contribution in [2.45, 2.75) is 13.0 Å². The summed E-state index contributed by atoms with van der Waals surface area (Å²) in [6, 6.07) is 6.48. The number of hydrogen-bond acceptors (Lipinski definition) is 2. The van der Waals surface area contributed by atoms with Crippen molar-refractivity contribution in [3.05, 3.63) is 55.9 Å². The summed E-state index contributed by atoms with van der Waals surface area (Å²) in [4.78, 5) is 0.950. The normalized spacial score (nSPS) is 12.7. The van der Waals surface area contributed by atoms with Gasteiger partial charge in [-0.15, -0.1) is 11.3 Å². The van der Waals surface area contributed by atoms with Crippen molar-refractivity contribution in [3.63, 3.8) is 0 Å². The number of thiophene rings is 1. The molecule has 2 rings (SSSR count). The van der Waals surface area contributed by atoms with Crippen LogP contribution in [0.4, 0.5) is 4.39 Å². The maximum absolute atomic E-state index is 13.5. The van der Waals surface area contributed by atoms with E-state index in [9.17, 15) is 4.39 Å². The Morgan fingerprint density at radius 2 is 2.11 bits per heavy atom. The molecule has 0 aliphatic rings. The standard InChI is InChI=1S/C13H12Cl2FNS/c1-2-17-12(13-9(14)6-7-18-13)8-4-3-5-10(16)11(8)15/h3-7,12,17H,2H2,1H3. The molecule has 0 fully saturated rings. The van der Waals surface area contributed by atoms with E-state index in [1.165, 1.54) is 17.4 Å². The second-order valence-electron chi connectivity index (χ2n) is 3.77. The molecule has 0 saturated carbocycles. The lowest BCUT2D eigenvalue weighted by Crippen LogP contribution is -2.21. The minimum Gasteiger partial charge on any atom is -0.306 e.